The molecule has 0 aliphatic rings. The summed E-state index contributed by atoms with van der Waals surface area (Å²) in [5.74, 6) is -0.927. The van der Waals surface area contributed by atoms with E-state index in [0.29, 0.717) is 24.1 Å². The van der Waals surface area contributed by atoms with Crippen LogP contribution < -0.4 is 9.47 Å². The quantitative estimate of drug-likeness (QED) is 0.491. The predicted molar refractivity (Wildman–Crippen MR) is 83.4 cm³/mol. The molecule has 0 radical (unpaired) electrons. The van der Waals surface area contributed by atoms with Crippen molar-refractivity contribution in [1.82, 2.24) is 0 Å². The number of rotatable bonds is 4. The normalized spacial score (nSPS) is 9.42. The standard InChI is InChI=1S/2C8H8O4/c2*1-12-6-2-5(4-9)8(11)7(10)3-6/h2*2-4,10-11H,1H3. The molecule has 0 fully saturated rings. The number of phenols is 4. The second kappa shape index (κ2) is 8.28. The van der Waals surface area contributed by atoms with Crippen LogP contribution in [0.2, 0.25) is 0 Å². The lowest BCUT2D eigenvalue weighted by molar-refractivity contribution is 0.111. The smallest absolute Gasteiger partial charge is 0.168 e. The Bertz CT molecular complexity index is 676. The number of benzene rings is 2. The maximum absolute atomic E-state index is 10.3. The number of aromatic hydroxyl groups is 4. The first kappa shape index (κ1) is 18.6. The number of phenolic OH excluding ortho intramolecular Hbond substituents is 4. The summed E-state index contributed by atoms with van der Waals surface area (Å²) in [7, 11) is 2.81. The fraction of sp³-hybridized carbons (Fsp3) is 0.125. The van der Waals surface area contributed by atoms with Gasteiger partial charge in [0.1, 0.15) is 11.5 Å². The molecule has 0 spiro atoms. The highest BCUT2D eigenvalue weighted by molar-refractivity contribution is 5.82. The van der Waals surface area contributed by atoms with Gasteiger partial charge in [0.15, 0.2) is 35.6 Å². The van der Waals surface area contributed by atoms with Crippen molar-refractivity contribution in [2.45, 2.75) is 0 Å². The Morgan fingerprint density at radius 1 is 0.708 bits per heavy atom. The number of carbonyl (C=O) groups is 2. The molecule has 4 N–H and O–H groups in total. The van der Waals surface area contributed by atoms with Crippen LogP contribution in [-0.4, -0.2) is 47.2 Å². The highest BCUT2D eigenvalue weighted by Gasteiger charge is 2.08. The summed E-state index contributed by atoms with van der Waals surface area (Å²) < 4.78 is 9.52. The Balaban J connectivity index is 0.000000240. The van der Waals surface area contributed by atoms with Gasteiger partial charge in [0, 0.05) is 12.1 Å². The van der Waals surface area contributed by atoms with Gasteiger partial charge in [0.2, 0.25) is 0 Å². The number of carbonyl (C=O) groups excluding carboxylic acids is 2. The van der Waals surface area contributed by atoms with Crippen molar-refractivity contribution in [3.05, 3.63) is 35.4 Å². The van der Waals surface area contributed by atoms with Crippen LogP contribution in [0.5, 0.6) is 34.5 Å². The lowest BCUT2D eigenvalue weighted by atomic mass is 10.2. The number of ether oxygens (including phenoxy) is 2. The summed E-state index contributed by atoms with van der Waals surface area (Å²) >= 11 is 0. The topological polar surface area (TPSA) is 134 Å². The SMILES string of the molecule is COc1cc(O)c(O)c(C=O)c1.COc1cc(O)c(O)c(C=O)c1. The van der Waals surface area contributed by atoms with Gasteiger partial charge >= 0.3 is 0 Å². The Morgan fingerprint density at radius 3 is 1.29 bits per heavy atom. The Labute approximate surface area is 137 Å². The molecule has 0 aromatic heterocycles. The monoisotopic (exact) mass is 336 g/mol. The Hall–Kier alpha value is -3.42. The van der Waals surface area contributed by atoms with Gasteiger partial charge < -0.3 is 29.9 Å². The van der Waals surface area contributed by atoms with Crippen molar-refractivity contribution in [2.24, 2.45) is 0 Å². The average molecular weight is 336 g/mol. The maximum atomic E-state index is 10.3. The van der Waals surface area contributed by atoms with E-state index in [1.165, 1.54) is 38.5 Å². The minimum absolute atomic E-state index is 0.00634. The molecule has 8 heteroatoms. The lowest BCUT2D eigenvalue weighted by Crippen LogP contribution is -1.87. The average Bonchev–Trinajstić information content (AvgIpc) is 2.59. The van der Waals surface area contributed by atoms with E-state index in [4.69, 9.17) is 29.9 Å². The first-order valence-corrected chi connectivity index (χ1v) is 6.48. The van der Waals surface area contributed by atoms with E-state index in [1.807, 2.05) is 0 Å². The van der Waals surface area contributed by atoms with Gasteiger partial charge in [0.25, 0.3) is 0 Å². The summed E-state index contributed by atoms with van der Waals surface area (Å²) in [5, 5.41) is 36.3. The minimum Gasteiger partial charge on any atom is -0.504 e. The molecule has 0 unspecified atom stereocenters. The van der Waals surface area contributed by atoms with Crippen LogP contribution in [0.1, 0.15) is 20.7 Å². The van der Waals surface area contributed by atoms with Gasteiger partial charge in [0.05, 0.1) is 25.3 Å². The minimum atomic E-state index is -0.425. The Kier molecular flexibility index (Phi) is 6.42. The molecule has 0 heterocycles. The maximum Gasteiger partial charge on any atom is 0.168 e. The molecule has 0 amide bonds. The van der Waals surface area contributed by atoms with E-state index >= 15 is 0 Å². The van der Waals surface area contributed by atoms with Crippen LogP contribution in [0.15, 0.2) is 24.3 Å². The summed E-state index contributed by atoms with van der Waals surface area (Å²) in [4.78, 5) is 20.6. The molecular formula is C16H16O8. The molecule has 0 aliphatic heterocycles. The lowest BCUT2D eigenvalue weighted by Gasteiger charge is -2.03. The van der Waals surface area contributed by atoms with Crippen LogP contribution in [0.25, 0.3) is 0 Å². The van der Waals surface area contributed by atoms with Crippen molar-refractivity contribution in [3.63, 3.8) is 0 Å². The van der Waals surface area contributed by atoms with Gasteiger partial charge in [-0.3, -0.25) is 9.59 Å². The number of methoxy groups -OCH3 is 2. The fourth-order valence-corrected chi connectivity index (χ4v) is 1.64. The highest BCUT2D eigenvalue weighted by Crippen LogP contribution is 2.33. The fourth-order valence-electron chi connectivity index (χ4n) is 1.64. The van der Waals surface area contributed by atoms with Gasteiger partial charge in [-0.25, -0.2) is 0 Å². The van der Waals surface area contributed by atoms with Crippen molar-refractivity contribution in [2.75, 3.05) is 14.2 Å². The second-order valence-corrected chi connectivity index (χ2v) is 4.40. The Morgan fingerprint density at radius 2 is 1.04 bits per heavy atom. The molecule has 24 heavy (non-hydrogen) atoms. The number of hydrogen-bond donors (Lipinski definition) is 4. The number of aldehydes is 2. The van der Waals surface area contributed by atoms with Crippen LogP contribution in [0.3, 0.4) is 0 Å². The highest BCUT2D eigenvalue weighted by atomic mass is 16.5. The molecule has 0 aliphatic carbocycles. The number of hydrogen-bond acceptors (Lipinski definition) is 8. The summed E-state index contributed by atoms with van der Waals surface area (Å²) in [5.41, 5.74) is 0.0127. The van der Waals surface area contributed by atoms with E-state index in [0.717, 1.165) is 0 Å². The molecule has 2 aromatic carbocycles. The summed E-state index contributed by atoms with van der Waals surface area (Å²) in [6.07, 6.45) is 0.884. The van der Waals surface area contributed by atoms with E-state index < -0.39 is 11.5 Å². The molecule has 0 saturated heterocycles. The first-order valence-electron chi connectivity index (χ1n) is 6.48. The third kappa shape index (κ3) is 4.29. The molecule has 2 rings (SSSR count). The van der Waals surface area contributed by atoms with Crippen LogP contribution >= 0.6 is 0 Å². The zero-order valence-corrected chi connectivity index (χ0v) is 12.9. The van der Waals surface area contributed by atoms with Crippen molar-refractivity contribution in [3.8, 4) is 34.5 Å². The molecule has 128 valence electrons. The third-order valence-corrected chi connectivity index (χ3v) is 2.91. The van der Waals surface area contributed by atoms with Gasteiger partial charge in [-0.1, -0.05) is 0 Å². The predicted octanol–water partition coefficient (Wildman–Crippen LogP) is 1.84. The van der Waals surface area contributed by atoms with E-state index in [2.05, 4.69) is 0 Å². The van der Waals surface area contributed by atoms with E-state index in [1.54, 1.807) is 0 Å². The third-order valence-electron chi connectivity index (χ3n) is 2.91. The van der Waals surface area contributed by atoms with Crippen molar-refractivity contribution >= 4 is 12.6 Å². The largest absolute Gasteiger partial charge is 0.504 e. The molecule has 8 nitrogen and oxygen atoms in total. The molecule has 2 aromatic rings. The molecule has 0 bridgehead atoms. The zero-order chi connectivity index (χ0) is 18.3. The van der Waals surface area contributed by atoms with Crippen molar-refractivity contribution < 1.29 is 39.5 Å². The van der Waals surface area contributed by atoms with E-state index in [9.17, 15) is 9.59 Å². The van der Waals surface area contributed by atoms with Gasteiger partial charge in [-0.2, -0.15) is 0 Å². The first-order chi connectivity index (χ1) is 11.4. The second-order valence-electron chi connectivity index (χ2n) is 4.40. The summed E-state index contributed by atoms with van der Waals surface area (Å²) in [6.45, 7) is 0. The summed E-state index contributed by atoms with van der Waals surface area (Å²) in [6, 6.07) is 5.12. The van der Waals surface area contributed by atoms with Crippen LogP contribution in [0.4, 0.5) is 0 Å². The van der Waals surface area contributed by atoms with Gasteiger partial charge in [-0.15, -0.1) is 0 Å². The molecular weight excluding hydrogens is 320 g/mol. The van der Waals surface area contributed by atoms with Gasteiger partial charge in [-0.05, 0) is 12.1 Å². The van der Waals surface area contributed by atoms with Crippen molar-refractivity contribution in [1.29, 1.82) is 0 Å². The van der Waals surface area contributed by atoms with Crippen LogP contribution in [0, 0.1) is 0 Å². The zero-order valence-electron chi connectivity index (χ0n) is 12.9. The molecule has 0 saturated carbocycles. The van der Waals surface area contributed by atoms with E-state index in [-0.39, 0.29) is 22.6 Å². The van der Waals surface area contributed by atoms with Crippen LogP contribution in [-0.2, 0) is 0 Å². The molecule has 0 atom stereocenters.